The Morgan fingerprint density at radius 1 is 1.13 bits per heavy atom. The topological polar surface area (TPSA) is 64.6 Å². The molecule has 1 amide bonds. The highest BCUT2D eigenvalue weighted by Gasteiger charge is 2.15. The van der Waals surface area contributed by atoms with Crippen LogP contribution in [0.15, 0.2) is 42.5 Å². The number of carbonyl (C=O) groups excluding carboxylic acids is 2. The maximum absolute atomic E-state index is 12.3. The van der Waals surface area contributed by atoms with Crippen molar-refractivity contribution in [3.05, 3.63) is 59.2 Å². The van der Waals surface area contributed by atoms with Crippen molar-refractivity contribution in [2.45, 2.75) is 20.5 Å². The second kappa shape index (κ2) is 7.45. The molecular weight excluding hydrogens is 294 g/mol. The van der Waals surface area contributed by atoms with Crippen LogP contribution in [0.4, 0.5) is 5.69 Å². The van der Waals surface area contributed by atoms with E-state index in [1.54, 1.807) is 25.3 Å². The number of aryl methyl sites for hydroxylation is 1. The monoisotopic (exact) mass is 313 g/mol. The van der Waals surface area contributed by atoms with Gasteiger partial charge in [-0.1, -0.05) is 24.3 Å². The fourth-order valence-corrected chi connectivity index (χ4v) is 2.17. The lowest BCUT2D eigenvalue weighted by molar-refractivity contribution is -0.114. The molecule has 0 spiro atoms. The summed E-state index contributed by atoms with van der Waals surface area (Å²) in [5.74, 6) is -0.0190. The molecule has 5 nitrogen and oxygen atoms in total. The van der Waals surface area contributed by atoms with Crippen molar-refractivity contribution in [1.29, 1.82) is 0 Å². The predicted octanol–water partition coefficient (Wildman–Crippen LogP) is 3.32. The predicted molar refractivity (Wildman–Crippen MR) is 87.6 cm³/mol. The van der Waals surface area contributed by atoms with Gasteiger partial charge in [-0.05, 0) is 36.2 Å². The number of esters is 1. The maximum atomic E-state index is 12.3. The highest BCUT2D eigenvalue weighted by atomic mass is 16.5. The minimum atomic E-state index is -0.486. The second-order valence-corrected chi connectivity index (χ2v) is 5.11. The normalized spacial score (nSPS) is 10.0. The van der Waals surface area contributed by atoms with E-state index < -0.39 is 5.97 Å². The van der Waals surface area contributed by atoms with Gasteiger partial charge in [0.2, 0.25) is 5.91 Å². The van der Waals surface area contributed by atoms with E-state index in [9.17, 15) is 9.59 Å². The Bertz CT molecular complexity index is 725. The number of hydrogen-bond acceptors (Lipinski definition) is 4. The molecule has 0 atom stereocenters. The quantitative estimate of drug-likeness (QED) is 0.860. The SMILES string of the molecule is COc1cccc(COC(=O)c2cccc(C)c2NC(C)=O)c1. The van der Waals surface area contributed by atoms with E-state index >= 15 is 0 Å². The third-order valence-corrected chi connectivity index (χ3v) is 3.30. The van der Waals surface area contributed by atoms with Gasteiger partial charge in [-0.2, -0.15) is 0 Å². The highest BCUT2D eigenvalue weighted by molar-refractivity contribution is 6.01. The van der Waals surface area contributed by atoms with Gasteiger partial charge in [0.05, 0.1) is 18.4 Å². The minimum absolute atomic E-state index is 0.128. The van der Waals surface area contributed by atoms with Crippen molar-refractivity contribution in [2.75, 3.05) is 12.4 Å². The van der Waals surface area contributed by atoms with E-state index in [1.807, 2.05) is 31.2 Å². The van der Waals surface area contributed by atoms with Crippen molar-refractivity contribution in [2.24, 2.45) is 0 Å². The molecule has 0 aromatic heterocycles. The van der Waals surface area contributed by atoms with Gasteiger partial charge < -0.3 is 14.8 Å². The van der Waals surface area contributed by atoms with Crippen LogP contribution in [0.25, 0.3) is 0 Å². The van der Waals surface area contributed by atoms with E-state index in [0.717, 1.165) is 11.1 Å². The summed E-state index contributed by atoms with van der Waals surface area (Å²) in [6.07, 6.45) is 0. The fourth-order valence-electron chi connectivity index (χ4n) is 2.17. The molecule has 23 heavy (non-hydrogen) atoms. The molecule has 0 fully saturated rings. The number of carbonyl (C=O) groups is 2. The average molecular weight is 313 g/mol. The summed E-state index contributed by atoms with van der Waals surface area (Å²) < 4.78 is 10.5. The molecule has 0 radical (unpaired) electrons. The first-order chi connectivity index (χ1) is 11.0. The molecule has 2 rings (SSSR count). The number of hydrogen-bond donors (Lipinski definition) is 1. The van der Waals surface area contributed by atoms with Crippen LogP contribution in [0.2, 0.25) is 0 Å². The minimum Gasteiger partial charge on any atom is -0.497 e. The Balaban J connectivity index is 2.14. The van der Waals surface area contributed by atoms with Gasteiger partial charge in [-0.3, -0.25) is 4.79 Å². The molecule has 0 bridgehead atoms. The van der Waals surface area contributed by atoms with Crippen molar-refractivity contribution >= 4 is 17.6 Å². The maximum Gasteiger partial charge on any atom is 0.340 e. The molecule has 2 aromatic carbocycles. The highest BCUT2D eigenvalue weighted by Crippen LogP contribution is 2.22. The van der Waals surface area contributed by atoms with Crippen molar-refractivity contribution < 1.29 is 19.1 Å². The first-order valence-electron chi connectivity index (χ1n) is 7.18. The Morgan fingerprint density at radius 3 is 2.57 bits per heavy atom. The van der Waals surface area contributed by atoms with Crippen LogP contribution >= 0.6 is 0 Å². The molecular formula is C18H19NO4. The second-order valence-electron chi connectivity index (χ2n) is 5.11. The smallest absolute Gasteiger partial charge is 0.340 e. The first kappa shape index (κ1) is 16.5. The molecule has 0 saturated carbocycles. The molecule has 0 heterocycles. The largest absolute Gasteiger partial charge is 0.497 e. The van der Waals surface area contributed by atoms with E-state index in [2.05, 4.69) is 5.32 Å². The molecule has 0 aliphatic heterocycles. The molecule has 1 N–H and O–H groups in total. The van der Waals surface area contributed by atoms with E-state index in [4.69, 9.17) is 9.47 Å². The molecule has 0 aliphatic rings. The van der Waals surface area contributed by atoms with Crippen molar-refractivity contribution in [3.8, 4) is 5.75 Å². The first-order valence-corrected chi connectivity index (χ1v) is 7.18. The van der Waals surface area contributed by atoms with E-state index in [1.165, 1.54) is 6.92 Å². The van der Waals surface area contributed by atoms with E-state index in [0.29, 0.717) is 17.0 Å². The molecule has 0 aliphatic carbocycles. The van der Waals surface area contributed by atoms with Crippen LogP contribution in [0.1, 0.15) is 28.4 Å². The molecule has 5 heteroatoms. The molecule has 0 unspecified atom stereocenters. The van der Waals surface area contributed by atoms with Gasteiger partial charge in [0, 0.05) is 6.92 Å². The summed E-state index contributed by atoms with van der Waals surface area (Å²) in [4.78, 5) is 23.6. The van der Waals surface area contributed by atoms with Gasteiger partial charge in [-0.25, -0.2) is 4.79 Å². The fraction of sp³-hybridized carbons (Fsp3) is 0.222. The number of benzene rings is 2. The number of anilines is 1. The number of amides is 1. The standard InChI is InChI=1S/C18H19NO4/c1-12-6-4-9-16(17(12)19-13(2)20)18(21)23-11-14-7-5-8-15(10-14)22-3/h4-10H,11H2,1-3H3,(H,19,20). The lowest BCUT2D eigenvalue weighted by Crippen LogP contribution is -2.14. The Labute approximate surface area is 135 Å². The van der Waals surface area contributed by atoms with E-state index in [-0.39, 0.29) is 12.5 Å². The average Bonchev–Trinajstić information content (AvgIpc) is 2.54. The van der Waals surface area contributed by atoms with Crippen LogP contribution in [0.3, 0.4) is 0 Å². The summed E-state index contributed by atoms with van der Waals surface area (Å²) in [6, 6.07) is 12.5. The summed E-state index contributed by atoms with van der Waals surface area (Å²) in [5, 5.41) is 2.68. The van der Waals surface area contributed by atoms with Crippen LogP contribution < -0.4 is 10.1 Å². The third-order valence-electron chi connectivity index (χ3n) is 3.30. The Kier molecular flexibility index (Phi) is 5.36. The van der Waals surface area contributed by atoms with Crippen LogP contribution in [0, 0.1) is 6.92 Å². The van der Waals surface area contributed by atoms with Gasteiger partial charge in [0.15, 0.2) is 0 Å². The zero-order valence-electron chi connectivity index (χ0n) is 13.4. The lowest BCUT2D eigenvalue weighted by Gasteiger charge is -2.12. The zero-order chi connectivity index (χ0) is 16.8. The summed E-state index contributed by atoms with van der Waals surface area (Å²) in [5.41, 5.74) is 2.45. The lowest BCUT2D eigenvalue weighted by atomic mass is 10.1. The van der Waals surface area contributed by atoms with Crippen LogP contribution in [-0.2, 0) is 16.1 Å². The van der Waals surface area contributed by atoms with Crippen LogP contribution in [0.5, 0.6) is 5.75 Å². The Morgan fingerprint density at radius 2 is 1.87 bits per heavy atom. The molecule has 2 aromatic rings. The summed E-state index contributed by atoms with van der Waals surface area (Å²) in [6.45, 7) is 3.35. The molecule has 120 valence electrons. The zero-order valence-corrected chi connectivity index (χ0v) is 13.4. The van der Waals surface area contributed by atoms with Crippen molar-refractivity contribution in [1.82, 2.24) is 0 Å². The number of ether oxygens (including phenoxy) is 2. The number of rotatable bonds is 5. The van der Waals surface area contributed by atoms with Gasteiger partial charge >= 0.3 is 5.97 Å². The number of nitrogens with one attached hydrogen (secondary N) is 1. The summed E-state index contributed by atoms with van der Waals surface area (Å²) >= 11 is 0. The van der Waals surface area contributed by atoms with Crippen LogP contribution in [-0.4, -0.2) is 19.0 Å². The third kappa shape index (κ3) is 4.32. The number of para-hydroxylation sites is 1. The summed E-state index contributed by atoms with van der Waals surface area (Å²) in [7, 11) is 1.58. The Hall–Kier alpha value is -2.82. The van der Waals surface area contributed by atoms with Gasteiger partial charge in [0.25, 0.3) is 0 Å². The van der Waals surface area contributed by atoms with Crippen molar-refractivity contribution in [3.63, 3.8) is 0 Å². The number of methoxy groups -OCH3 is 1. The van der Waals surface area contributed by atoms with Gasteiger partial charge in [-0.15, -0.1) is 0 Å². The molecule has 0 saturated heterocycles. The van der Waals surface area contributed by atoms with Gasteiger partial charge in [0.1, 0.15) is 12.4 Å².